The van der Waals surface area contributed by atoms with Gasteiger partial charge in [0.25, 0.3) is 5.91 Å². The van der Waals surface area contributed by atoms with Gasteiger partial charge in [-0.15, -0.1) is 0 Å². The Labute approximate surface area is 195 Å². The Morgan fingerprint density at radius 1 is 1.06 bits per heavy atom. The lowest BCUT2D eigenvalue weighted by molar-refractivity contribution is 0.0704. The lowest BCUT2D eigenvalue weighted by Gasteiger charge is -2.34. The van der Waals surface area contributed by atoms with Crippen LogP contribution in [-0.2, 0) is 12.8 Å². The largest absolute Gasteiger partial charge is 0.356 e. The maximum Gasteiger partial charge on any atom is 0.255 e. The van der Waals surface area contributed by atoms with Gasteiger partial charge >= 0.3 is 0 Å². The Kier molecular flexibility index (Phi) is 6.33. The van der Waals surface area contributed by atoms with Gasteiger partial charge in [-0.1, -0.05) is 30.3 Å². The molecule has 2 aliphatic heterocycles. The standard InChI is InChI=1S/C27H31N5O/c1-20-24-12-7-15-31(17-13-21-8-3-2-4-9-21)26(24)30-25(29-20)23-11-6-16-32(19-23)27(33)22-10-5-14-28-18-22/h2-5,8-10,14,18,23H,6-7,11-13,15-17,19H2,1H3. The number of aryl methyl sites for hydroxylation is 1. The number of carbonyl (C=O) groups is 1. The minimum absolute atomic E-state index is 0.0481. The van der Waals surface area contributed by atoms with Crippen LogP contribution in [0.2, 0.25) is 0 Å². The van der Waals surface area contributed by atoms with E-state index in [2.05, 4.69) is 47.1 Å². The summed E-state index contributed by atoms with van der Waals surface area (Å²) in [6, 6.07) is 14.3. The first kappa shape index (κ1) is 21.6. The second kappa shape index (κ2) is 9.69. The lowest BCUT2D eigenvalue weighted by Crippen LogP contribution is -2.40. The lowest BCUT2D eigenvalue weighted by atomic mass is 9.95. The van der Waals surface area contributed by atoms with Crippen LogP contribution in [0.15, 0.2) is 54.9 Å². The van der Waals surface area contributed by atoms with Crippen LogP contribution in [0.4, 0.5) is 5.82 Å². The predicted molar refractivity (Wildman–Crippen MR) is 130 cm³/mol. The molecule has 0 radical (unpaired) electrons. The van der Waals surface area contributed by atoms with Crippen molar-refractivity contribution in [2.24, 2.45) is 0 Å². The fourth-order valence-electron chi connectivity index (χ4n) is 5.06. The van der Waals surface area contributed by atoms with E-state index in [-0.39, 0.29) is 11.8 Å². The molecule has 3 aromatic rings. The number of likely N-dealkylation sites (tertiary alicyclic amines) is 1. The number of pyridine rings is 1. The first-order chi connectivity index (χ1) is 16.2. The van der Waals surface area contributed by atoms with Crippen molar-refractivity contribution < 1.29 is 4.79 Å². The van der Waals surface area contributed by atoms with Gasteiger partial charge in [0.2, 0.25) is 0 Å². The summed E-state index contributed by atoms with van der Waals surface area (Å²) >= 11 is 0. The molecule has 1 aromatic carbocycles. The summed E-state index contributed by atoms with van der Waals surface area (Å²) in [5.41, 5.74) is 4.38. The summed E-state index contributed by atoms with van der Waals surface area (Å²) < 4.78 is 0. The molecular formula is C27H31N5O. The predicted octanol–water partition coefficient (Wildman–Crippen LogP) is 4.20. The number of amides is 1. The van der Waals surface area contributed by atoms with E-state index < -0.39 is 0 Å². The fourth-order valence-corrected chi connectivity index (χ4v) is 5.06. The Bertz CT molecular complexity index is 1100. The van der Waals surface area contributed by atoms with Gasteiger partial charge in [-0.05, 0) is 56.7 Å². The second-order valence-electron chi connectivity index (χ2n) is 9.13. The van der Waals surface area contributed by atoms with Crippen LogP contribution in [-0.4, -0.2) is 51.9 Å². The van der Waals surface area contributed by atoms with E-state index in [4.69, 9.17) is 9.97 Å². The topological polar surface area (TPSA) is 62.2 Å². The fraction of sp³-hybridized carbons (Fsp3) is 0.407. The highest BCUT2D eigenvalue weighted by Crippen LogP contribution is 2.32. The van der Waals surface area contributed by atoms with E-state index in [1.54, 1.807) is 12.4 Å². The Morgan fingerprint density at radius 2 is 1.94 bits per heavy atom. The molecule has 1 unspecified atom stereocenters. The summed E-state index contributed by atoms with van der Waals surface area (Å²) in [7, 11) is 0. The van der Waals surface area contributed by atoms with Crippen LogP contribution >= 0.6 is 0 Å². The van der Waals surface area contributed by atoms with E-state index in [1.807, 2.05) is 17.0 Å². The number of benzene rings is 1. The van der Waals surface area contributed by atoms with Crippen LogP contribution in [0, 0.1) is 6.92 Å². The van der Waals surface area contributed by atoms with Gasteiger partial charge in [-0.25, -0.2) is 9.97 Å². The number of aromatic nitrogens is 3. The summed E-state index contributed by atoms with van der Waals surface area (Å²) in [6.07, 6.45) is 8.52. The molecule has 1 amide bonds. The molecule has 33 heavy (non-hydrogen) atoms. The molecule has 2 aromatic heterocycles. The summed E-state index contributed by atoms with van der Waals surface area (Å²) in [4.78, 5) is 31.5. The highest BCUT2D eigenvalue weighted by molar-refractivity contribution is 5.94. The molecule has 6 nitrogen and oxygen atoms in total. The second-order valence-corrected chi connectivity index (χ2v) is 9.13. The van der Waals surface area contributed by atoms with Crippen LogP contribution in [0.3, 0.4) is 0 Å². The normalized spacial score (nSPS) is 18.2. The van der Waals surface area contributed by atoms with Gasteiger partial charge < -0.3 is 9.80 Å². The molecule has 2 aliphatic rings. The maximum absolute atomic E-state index is 13.0. The number of hydrogen-bond acceptors (Lipinski definition) is 5. The smallest absolute Gasteiger partial charge is 0.255 e. The van der Waals surface area contributed by atoms with E-state index in [0.717, 1.165) is 69.1 Å². The number of fused-ring (bicyclic) bond motifs is 1. The first-order valence-electron chi connectivity index (χ1n) is 12.0. The minimum Gasteiger partial charge on any atom is -0.356 e. The van der Waals surface area contributed by atoms with Crippen LogP contribution < -0.4 is 4.90 Å². The van der Waals surface area contributed by atoms with E-state index >= 15 is 0 Å². The highest BCUT2D eigenvalue weighted by Gasteiger charge is 2.30. The zero-order valence-electron chi connectivity index (χ0n) is 19.3. The van der Waals surface area contributed by atoms with Crippen LogP contribution in [0.1, 0.15) is 58.2 Å². The Hall–Kier alpha value is -3.28. The first-order valence-corrected chi connectivity index (χ1v) is 12.0. The molecule has 0 N–H and O–H groups in total. The van der Waals surface area contributed by atoms with Crippen molar-refractivity contribution in [3.63, 3.8) is 0 Å². The summed E-state index contributed by atoms with van der Waals surface area (Å²) in [5, 5.41) is 0. The average Bonchev–Trinajstić information content (AvgIpc) is 2.88. The number of rotatable bonds is 5. The SMILES string of the molecule is Cc1nc(C2CCCN(C(=O)c3cccnc3)C2)nc2c1CCCN2CCc1ccccc1. The third-order valence-corrected chi connectivity index (χ3v) is 6.86. The molecule has 1 atom stereocenters. The van der Waals surface area contributed by atoms with Gasteiger partial charge in [0.1, 0.15) is 11.6 Å². The monoisotopic (exact) mass is 441 g/mol. The molecule has 4 heterocycles. The molecule has 6 heteroatoms. The number of anilines is 1. The quantitative estimate of drug-likeness (QED) is 0.594. The number of nitrogens with zero attached hydrogens (tertiary/aromatic N) is 5. The van der Waals surface area contributed by atoms with Gasteiger partial charge in [0, 0.05) is 55.7 Å². The van der Waals surface area contributed by atoms with Crippen molar-refractivity contribution in [2.75, 3.05) is 31.1 Å². The van der Waals surface area contributed by atoms with Crippen molar-refractivity contribution >= 4 is 11.7 Å². The van der Waals surface area contributed by atoms with Crippen molar-refractivity contribution in [3.05, 3.63) is 83.1 Å². The van der Waals surface area contributed by atoms with Crippen molar-refractivity contribution in [2.45, 2.75) is 44.9 Å². The maximum atomic E-state index is 13.0. The van der Waals surface area contributed by atoms with Gasteiger partial charge in [-0.2, -0.15) is 0 Å². The molecule has 0 aliphatic carbocycles. The molecule has 1 saturated heterocycles. The molecule has 1 fully saturated rings. The van der Waals surface area contributed by atoms with Gasteiger partial charge in [0.05, 0.1) is 5.56 Å². The Morgan fingerprint density at radius 3 is 2.76 bits per heavy atom. The number of hydrogen-bond donors (Lipinski definition) is 0. The molecular weight excluding hydrogens is 410 g/mol. The molecule has 0 saturated carbocycles. The molecule has 0 bridgehead atoms. The van der Waals surface area contributed by atoms with E-state index in [9.17, 15) is 4.79 Å². The summed E-state index contributed by atoms with van der Waals surface area (Å²) in [6.45, 7) is 5.55. The Balaban J connectivity index is 1.35. The molecule has 170 valence electrons. The van der Waals surface area contributed by atoms with E-state index in [0.29, 0.717) is 12.1 Å². The van der Waals surface area contributed by atoms with E-state index in [1.165, 1.54) is 11.1 Å². The molecule has 5 rings (SSSR count). The van der Waals surface area contributed by atoms with Crippen LogP contribution in [0.25, 0.3) is 0 Å². The minimum atomic E-state index is 0.0481. The van der Waals surface area contributed by atoms with Gasteiger partial charge in [-0.3, -0.25) is 9.78 Å². The highest BCUT2D eigenvalue weighted by atomic mass is 16.2. The van der Waals surface area contributed by atoms with Crippen molar-refractivity contribution in [1.29, 1.82) is 0 Å². The third-order valence-electron chi connectivity index (χ3n) is 6.86. The third kappa shape index (κ3) is 4.75. The summed E-state index contributed by atoms with van der Waals surface area (Å²) in [5.74, 6) is 2.21. The van der Waals surface area contributed by atoms with Crippen molar-refractivity contribution in [3.8, 4) is 0 Å². The number of piperidine rings is 1. The zero-order valence-corrected chi connectivity index (χ0v) is 19.3. The average molecular weight is 442 g/mol. The van der Waals surface area contributed by atoms with Gasteiger partial charge in [0.15, 0.2) is 0 Å². The van der Waals surface area contributed by atoms with Crippen LogP contribution in [0.5, 0.6) is 0 Å². The molecule has 0 spiro atoms. The zero-order chi connectivity index (χ0) is 22.6. The number of carbonyl (C=O) groups excluding carboxylic acids is 1. The van der Waals surface area contributed by atoms with Crippen molar-refractivity contribution in [1.82, 2.24) is 19.9 Å².